The number of nitrogens with zero attached hydrogens (tertiary/aromatic N) is 1. The Morgan fingerprint density at radius 1 is 1.53 bits per heavy atom. The number of nitrogens with one attached hydrogen (secondary N) is 1. The summed E-state index contributed by atoms with van der Waals surface area (Å²) in [7, 11) is 0. The summed E-state index contributed by atoms with van der Waals surface area (Å²) in [6, 6.07) is 4.75. The fourth-order valence-electron chi connectivity index (χ4n) is 1.40. The monoisotopic (exact) mass is 220 g/mol. The van der Waals surface area contributed by atoms with Crippen molar-refractivity contribution in [2.24, 2.45) is 0 Å². The van der Waals surface area contributed by atoms with Crippen molar-refractivity contribution < 1.29 is 9.90 Å². The van der Waals surface area contributed by atoms with Gasteiger partial charge in [0.2, 0.25) is 0 Å². The van der Waals surface area contributed by atoms with Gasteiger partial charge in [-0.15, -0.1) is 0 Å². The van der Waals surface area contributed by atoms with Gasteiger partial charge >= 0.3 is 5.97 Å². The predicted octanol–water partition coefficient (Wildman–Crippen LogP) is 2.30. The number of H-pyrrole nitrogens is 1. The van der Waals surface area contributed by atoms with E-state index in [-0.39, 0.29) is 5.56 Å². The lowest BCUT2D eigenvalue weighted by Crippen LogP contribution is -1.97. The van der Waals surface area contributed by atoms with Gasteiger partial charge < -0.3 is 10.1 Å². The molecule has 0 saturated carbocycles. The third-order valence-electron chi connectivity index (χ3n) is 2.08. The number of fused-ring (bicyclic) bond motifs is 1. The lowest BCUT2D eigenvalue weighted by Gasteiger charge is -2.01. The van der Waals surface area contributed by atoms with Crippen LogP contribution in [0.15, 0.2) is 18.2 Å². The van der Waals surface area contributed by atoms with Gasteiger partial charge in [0.05, 0.1) is 11.1 Å². The molecule has 0 radical (unpaired) electrons. The highest BCUT2D eigenvalue weighted by atomic mass is 32.1. The maximum Gasteiger partial charge on any atom is 0.335 e. The first-order valence-electron chi connectivity index (χ1n) is 4.32. The molecule has 1 heterocycles. The topological polar surface area (TPSA) is 66.0 Å². The Hall–Kier alpha value is -1.75. The fourth-order valence-corrected chi connectivity index (χ4v) is 1.72. The second-order valence-corrected chi connectivity index (χ2v) is 3.58. The van der Waals surface area contributed by atoms with Crippen LogP contribution in [-0.2, 0) is 0 Å². The van der Waals surface area contributed by atoms with E-state index in [4.69, 9.17) is 17.3 Å². The number of carboxylic acids is 1. The molecule has 0 bridgehead atoms. The number of carbonyl (C=O) groups is 1. The highest BCUT2D eigenvalue weighted by Gasteiger charge is 2.05. The summed E-state index contributed by atoms with van der Waals surface area (Å²) < 4.78 is 0.484. The van der Waals surface area contributed by atoms with Crippen molar-refractivity contribution in [1.82, 2.24) is 9.97 Å². The van der Waals surface area contributed by atoms with Crippen molar-refractivity contribution in [2.75, 3.05) is 0 Å². The molecule has 2 aromatic rings. The number of aromatic amines is 1. The molecule has 15 heavy (non-hydrogen) atoms. The smallest absolute Gasteiger partial charge is 0.335 e. The zero-order chi connectivity index (χ0) is 11.0. The van der Waals surface area contributed by atoms with Crippen molar-refractivity contribution in [3.63, 3.8) is 0 Å². The van der Waals surface area contributed by atoms with Gasteiger partial charge in [-0.3, -0.25) is 0 Å². The zero-order valence-electron chi connectivity index (χ0n) is 7.94. The Kier molecular flexibility index (Phi) is 2.24. The van der Waals surface area contributed by atoms with Crippen LogP contribution in [0.25, 0.3) is 10.9 Å². The van der Waals surface area contributed by atoms with E-state index < -0.39 is 5.97 Å². The molecule has 2 rings (SSSR count). The highest BCUT2D eigenvalue weighted by molar-refractivity contribution is 7.71. The molecule has 1 aromatic heterocycles. The number of hydrogen-bond donors (Lipinski definition) is 2. The molecular formula is C10H8N2O2S. The maximum absolute atomic E-state index is 10.8. The molecule has 0 aliphatic heterocycles. The Balaban J connectivity index is 2.82. The summed E-state index contributed by atoms with van der Waals surface area (Å²) >= 11 is 5.07. The van der Waals surface area contributed by atoms with Gasteiger partial charge in [0, 0.05) is 5.39 Å². The van der Waals surface area contributed by atoms with E-state index in [1.807, 2.05) is 0 Å². The van der Waals surface area contributed by atoms with E-state index in [9.17, 15) is 4.79 Å². The van der Waals surface area contributed by atoms with Crippen molar-refractivity contribution in [3.05, 3.63) is 34.2 Å². The predicted molar refractivity (Wildman–Crippen MR) is 58.6 cm³/mol. The molecule has 0 saturated heterocycles. The Bertz CT molecular complexity index is 604. The van der Waals surface area contributed by atoms with Crippen LogP contribution >= 0.6 is 12.2 Å². The lowest BCUT2D eigenvalue weighted by molar-refractivity contribution is 0.0697. The third-order valence-corrected chi connectivity index (χ3v) is 2.39. The van der Waals surface area contributed by atoms with Crippen LogP contribution in [0, 0.1) is 11.6 Å². The van der Waals surface area contributed by atoms with Crippen molar-refractivity contribution in [2.45, 2.75) is 6.92 Å². The van der Waals surface area contributed by atoms with Gasteiger partial charge in [0.25, 0.3) is 0 Å². The molecule has 0 unspecified atom stereocenters. The van der Waals surface area contributed by atoms with E-state index in [1.165, 1.54) is 6.07 Å². The largest absolute Gasteiger partial charge is 0.478 e. The van der Waals surface area contributed by atoms with Gasteiger partial charge in [-0.05, 0) is 25.1 Å². The van der Waals surface area contributed by atoms with Crippen LogP contribution < -0.4 is 0 Å². The minimum absolute atomic E-state index is 0.235. The van der Waals surface area contributed by atoms with Crippen LogP contribution in [0.4, 0.5) is 0 Å². The normalized spacial score (nSPS) is 10.5. The van der Waals surface area contributed by atoms with Gasteiger partial charge in [-0.1, -0.05) is 12.2 Å². The molecule has 0 spiro atoms. The Labute approximate surface area is 90.6 Å². The van der Waals surface area contributed by atoms with E-state index in [0.717, 1.165) is 5.39 Å². The summed E-state index contributed by atoms with van der Waals surface area (Å²) in [5.41, 5.74) is 0.936. The van der Waals surface area contributed by atoms with E-state index in [0.29, 0.717) is 16.0 Å². The van der Waals surface area contributed by atoms with E-state index in [2.05, 4.69) is 9.97 Å². The number of aryl methyl sites for hydroxylation is 1. The molecule has 2 N–H and O–H groups in total. The van der Waals surface area contributed by atoms with Crippen LogP contribution in [-0.4, -0.2) is 21.0 Å². The van der Waals surface area contributed by atoms with Crippen molar-refractivity contribution in [1.29, 1.82) is 0 Å². The number of carboxylic acid groups (broad SMARTS) is 1. The molecule has 1 aromatic carbocycles. The van der Waals surface area contributed by atoms with E-state index >= 15 is 0 Å². The lowest BCUT2D eigenvalue weighted by atomic mass is 10.1. The van der Waals surface area contributed by atoms with E-state index in [1.54, 1.807) is 19.1 Å². The highest BCUT2D eigenvalue weighted by Crippen LogP contribution is 2.14. The summed E-state index contributed by atoms with van der Waals surface area (Å²) in [6.45, 7) is 1.78. The Morgan fingerprint density at radius 3 is 2.93 bits per heavy atom. The summed E-state index contributed by atoms with van der Waals surface area (Å²) in [5, 5.41) is 9.59. The zero-order valence-corrected chi connectivity index (χ0v) is 8.76. The van der Waals surface area contributed by atoms with Gasteiger partial charge in [-0.2, -0.15) is 0 Å². The molecule has 4 nitrogen and oxygen atoms in total. The first-order valence-corrected chi connectivity index (χ1v) is 4.73. The average molecular weight is 220 g/mol. The van der Waals surface area contributed by atoms with Gasteiger partial charge in [-0.25, -0.2) is 9.78 Å². The molecule has 0 aliphatic rings. The number of benzene rings is 1. The van der Waals surface area contributed by atoms with Gasteiger partial charge in [0.15, 0.2) is 0 Å². The number of aromatic nitrogens is 2. The Morgan fingerprint density at radius 2 is 2.27 bits per heavy atom. The SMILES string of the molecule is Cc1nc(=S)c2ccc(C(=O)O)cc2[nH]1. The van der Waals surface area contributed by atoms with Gasteiger partial charge in [0.1, 0.15) is 10.5 Å². The van der Waals surface area contributed by atoms with Crippen LogP contribution in [0.5, 0.6) is 0 Å². The average Bonchev–Trinajstić information content (AvgIpc) is 2.16. The second-order valence-electron chi connectivity index (χ2n) is 3.19. The molecular weight excluding hydrogens is 212 g/mol. The van der Waals surface area contributed by atoms with Crippen molar-refractivity contribution in [3.8, 4) is 0 Å². The molecule has 5 heteroatoms. The second kappa shape index (κ2) is 3.43. The minimum atomic E-state index is -0.953. The molecule has 0 aliphatic carbocycles. The molecule has 76 valence electrons. The molecule has 0 fully saturated rings. The summed E-state index contributed by atoms with van der Waals surface area (Å²) in [5.74, 6) is -0.277. The molecule has 0 atom stereocenters. The van der Waals surface area contributed by atoms with Crippen LogP contribution in [0.1, 0.15) is 16.2 Å². The number of rotatable bonds is 1. The standard InChI is InChI=1S/C10H8N2O2S/c1-5-11-8-4-6(10(13)14)2-3-7(8)9(15)12-5/h2-4H,1H3,(H,13,14)(H,11,12,15). The number of hydrogen-bond acceptors (Lipinski definition) is 3. The van der Waals surface area contributed by atoms with Crippen molar-refractivity contribution >= 4 is 29.1 Å². The maximum atomic E-state index is 10.8. The third kappa shape index (κ3) is 1.73. The van der Waals surface area contributed by atoms with Crippen LogP contribution in [0.3, 0.4) is 0 Å². The first kappa shape index (κ1) is 9.79. The fraction of sp³-hybridized carbons (Fsp3) is 0.100. The number of aromatic carboxylic acids is 1. The first-order chi connectivity index (χ1) is 7.08. The summed E-state index contributed by atoms with van der Waals surface area (Å²) in [6.07, 6.45) is 0. The quantitative estimate of drug-likeness (QED) is 0.724. The summed E-state index contributed by atoms with van der Waals surface area (Å²) in [4.78, 5) is 17.8. The van der Waals surface area contributed by atoms with Crippen LogP contribution in [0.2, 0.25) is 0 Å². The molecule has 0 amide bonds. The minimum Gasteiger partial charge on any atom is -0.478 e.